The summed E-state index contributed by atoms with van der Waals surface area (Å²) in [7, 11) is -2.34. The van der Waals surface area contributed by atoms with Gasteiger partial charge in [-0.05, 0) is 54.1 Å². The molecule has 0 saturated heterocycles. The van der Waals surface area contributed by atoms with Crippen LogP contribution in [0, 0.1) is 0 Å². The molecule has 0 radical (unpaired) electrons. The number of carbonyl (C=O) groups excluding carboxylic acids is 1. The van der Waals surface area contributed by atoms with Gasteiger partial charge in [-0.2, -0.15) is 0 Å². The van der Waals surface area contributed by atoms with Crippen LogP contribution in [0.3, 0.4) is 0 Å². The van der Waals surface area contributed by atoms with Crippen LogP contribution in [0.5, 0.6) is 0 Å². The van der Waals surface area contributed by atoms with Gasteiger partial charge in [0.15, 0.2) is 0 Å². The van der Waals surface area contributed by atoms with Gasteiger partial charge in [0.1, 0.15) is 6.54 Å². The van der Waals surface area contributed by atoms with E-state index in [0.717, 1.165) is 14.3 Å². The standard InChI is InChI=1S/C22H21BrN2O4S/c1-29-16-17-6-5-7-19(14-17)24-22(26)15-25(20-12-10-18(23)11-13-20)30(27,28)21-8-3-2-4-9-21/h2-14H,15-16H2,1H3,(H,24,26). The largest absolute Gasteiger partial charge is 0.380 e. The summed E-state index contributed by atoms with van der Waals surface area (Å²) in [6.45, 7) is 0.0461. The topological polar surface area (TPSA) is 75.7 Å². The lowest BCUT2D eigenvalue weighted by Crippen LogP contribution is -2.38. The zero-order valence-corrected chi connectivity index (χ0v) is 18.7. The number of methoxy groups -OCH3 is 1. The van der Waals surface area contributed by atoms with Crippen LogP contribution < -0.4 is 9.62 Å². The van der Waals surface area contributed by atoms with Crippen LogP contribution >= 0.6 is 15.9 Å². The van der Waals surface area contributed by atoms with Crippen molar-refractivity contribution in [3.8, 4) is 0 Å². The van der Waals surface area contributed by atoms with Crippen LogP contribution in [-0.4, -0.2) is 28.0 Å². The van der Waals surface area contributed by atoms with Gasteiger partial charge in [-0.15, -0.1) is 0 Å². The zero-order valence-electron chi connectivity index (χ0n) is 16.3. The molecule has 3 aromatic rings. The highest BCUT2D eigenvalue weighted by molar-refractivity contribution is 9.10. The molecule has 8 heteroatoms. The third-order valence-corrected chi connectivity index (χ3v) is 6.57. The number of sulfonamides is 1. The summed E-state index contributed by atoms with van der Waals surface area (Å²) in [5, 5.41) is 2.77. The molecule has 6 nitrogen and oxygen atoms in total. The van der Waals surface area contributed by atoms with Gasteiger partial charge in [-0.3, -0.25) is 9.10 Å². The van der Waals surface area contributed by atoms with Crippen molar-refractivity contribution in [2.45, 2.75) is 11.5 Å². The molecule has 0 aromatic heterocycles. The molecule has 0 saturated carbocycles. The van der Waals surface area contributed by atoms with E-state index in [0.29, 0.717) is 18.0 Å². The fourth-order valence-electron chi connectivity index (χ4n) is 2.88. The van der Waals surface area contributed by atoms with Crippen molar-refractivity contribution in [3.63, 3.8) is 0 Å². The molecule has 156 valence electrons. The Balaban J connectivity index is 1.88. The molecule has 0 atom stereocenters. The van der Waals surface area contributed by atoms with E-state index in [4.69, 9.17) is 4.74 Å². The number of halogens is 1. The van der Waals surface area contributed by atoms with E-state index in [-0.39, 0.29) is 11.4 Å². The molecule has 0 spiro atoms. The van der Waals surface area contributed by atoms with E-state index in [1.165, 1.54) is 12.1 Å². The molecular formula is C22H21BrN2O4S. The molecule has 1 N–H and O–H groups in total. The molecule has 30 heavy (non-hydrogen) atoms. The first-order chi connectivity index (χ1) is 14.4. The number of hydrogen-bond donors (Lipinski definition) is 1. The monoisotopic (exact) mass is 488 g/mol. The Bertz CT molecular complexity index is 1100. The number of hydrogen-bond acceptors (Lipinski definition) is 4. The van der Waals surface area contributed by atoms with E-state index < -0.39 is 15.9 Å². The lowest BCUT2D eigenvalue weighted by molar-refractivity contribution is -0.114. The average molecular weight is 489 g/mol. The number of carbonyl (C=O) groups is 1. The van der Waals surface area contributed by atoms with E-state index in [1.807, 2.05) is 6.07 Å². The van der Waals surface area contributed by atoms with Crippen LogP contribution in [-0.2, 0) is 26.2 Å². The molecule has 0 fully saturated rings. The molecule has 0 aliphatic rings. The maximum atomic E-state index is 13.3. The number of amides is 1. The first-order valence-electron chi connectivity index (χ1n) is 9.11. The van der Waals surface area contributed by atoms with Gasteiger partial charge in [0.25, 0.3) is 10.0 Å². The summed E-state index contributed by atoms with van der Waals surface area (Å²) in [5.74, 6) is -0.452. The lowest BCUT2D eigenvalue weighted by Gasteiger charge is -2.24. The molecule has 0 aliphatic heterocycles. The van der Waals surface area contributed by atoms with Crippen molar-refractivity contribution < 1.29 is 17.9 Å². The highest BCUT2D eigenvalue weighted by Crippen LogP contribution is 2.25. The molecule has 3 rings (SSSR count). The van der Waals surface area contributed by atoms with Crippen molar-refractivity contribution in [2.24, 2.45) is 0 Å². The summed E-state index contributed by atoms with van der Waals surface area (Å²) < 4.78 is 33.5. The molecule has 0 aliphatic carbocycles. The number of benzene rings is 3. The SMILES string of the molecule is COCc1cccc(NC(=O)CN(c2ccc(Br)cc2)S(=O)(=O)c2ccccc2)c1. The molecule has 0 unspecified atom stereocenters. The second-order valence-corrected chi connectivity index (χ2v) is 9.26. The van der Waals surface area contributed by atoms with Gasteiger partial charge in [0, 0.05) is 17.3 Å². The maximum absolute atomic E-state index is 13.3. The minimum Gasteiger partial charge on any atom is -0.380 e. The average Bonchev–Trinajstić information content (AvgIpc) is 2.74. The molecular weight excluding hydrogens is 468 g/mol. The fraction of sp³-hybridized carbons (Fsp3) is 0.136. The quantitative estimate of drug-likeness (QED) is 0.508. The minimum absolute atomic E-state index is 0.114. The van der Waals surface area contributed by atoms with Gasteiger partial charge in [0.05, 0.1) is 17.2 Å². The Morgan fingerprint density at radius 1 is 1.00 bits per heavy atom. The van der Waals surface area contributed by atoms with Gasteiger partial charge >= 0.3 is 0 Å². The Labute approximate surface area is 184 Å². The first kappa shape index (κ1) is 22.0. The lowest BCUT2D eigenvalue weighted by atomic mass is 10.2. The highest BCUT2D eigenvalue weighted by Gasteiger charge is 2.27. The summed E-state index contributed by atoms with van der Waals surface area (Å²) in [4.78, 5) is 12.9. The Morgan fingerprint density at radius 2 is 1.70 bits per heavy atom. The Hall–Kier alpha value is -2.68. The summed E-state index contributed by atoms with van der Waals surface area (Å²) in [6.07, 6.45) is 0. The number of anilines is 2. The fourth-order valence-corrected chi connectivity index (χ4v) is 4.58. The van der Waals surface area contributed by atoms with Crippen molar-refractivity contribution >= 4 is 43.2 Å². The van der Waals surface area contributed by atoms with Crippen LogP contribution in [0.4, 0.5) is 11.4 Å². The normalized spacial score (nSPS) is 11.1. The van der Waals surface area contributed by atoms with E-state index in [2.05, 4.69) is 21.2 Å². The second kappa shape index (κ2) is 9.88. The summed E-state index contributed by atoms with van der Waals surface area (Å²) in [5.41, 5.74) is 1.87. The predicted molar refractivity (Wildman–Crippen MR) is 121 cm³/mol. The van der Waals surface area contributed by atoms with Crippen LogP contribution in [0.1, 0.15) is 5.56 Å². The van der Waals surface area contributed by atoms with Crippen molar-refractivity contribution in [1.29, 1.82) is 0 Å². The summed E-state index contributed by atoms with van der Waals surface area (Å²) in [6, 6.07) is 22.0. The molecule has 0 heterocycles. The van der Waals surface area contributed by atoms with E-state index >= 15 is 0 Å². The molecule has 3 aromatic carbocycles. The van der Waals surface area contributed by atoms with Gasteiger partial charge in [-0.1, -0.05) is 46.3 Å². The van der Waals surface area contributed by atoms with E-state index in [9.17, 15) is 13.2 Å². The first-order valence-corrected chi connectivity index (χ1v) is 11.3. The molecule has 1 amide bonds. The Morgan fingerprint density at radius 3 is 2.37 bits per heavy atom. The number of ether oxygens (including phenoxy) is 1. The minimum atomic E-state index is -3.93. The highest BCUT2D eigenvalue weighted by atomic mass is 79.9. The molecule has 0 bridgehead atoms. The number of nitrogens with one attached hydrogen (secondary N) is 1. The third kappa shape index (κ3) is 5.47. The van der Waals surface area contributed by atoms with Crippen molar-refractivity contribution in [1.82, 2.24) is 0 Å². The van der Waals surface area contributed by atoms with Gasteiger partial charge in [0.2, 0.25) is 5.91 Å². The van der Waals surface area contributed by atoms with E-state index in [1.54, 1.807) is 67.8 Å². The summed E-state index contributed by atoms with van der Waals surface area (Å²) >= 11 is 3.35. The van der Waals surface area contributed by atoms with Gasteiger partial charge in [-0.25, -0.2) is 8.42 Å². The Kier molecular flexibility index (Phi) is 7.25. The number of nitrogens with zero attached hydrogens (tertiary/aromatic N) is 1. The predicted octanol–water partition coefficient (Wildman–Crippen LogP) is 4.43. The number of rotatable bonds is 8. The van der Waals surface area contributed by atoms with Crippen LogP contribution in [0.2, 0.25) is 0 Å². The van der Waals surface area contributed by atoms with Gasteiger partial charge < -0.3 is 10.1 Å². The smallest absolute Gasteiger partial charge is 0.264 e. The third-order valence-electron chi connectivity index (χ3n) is 4.25. The van der Waals surface area contributed by atoms with Crippen LogP contribution in [0.15, 0.2) is 88.2 Å². The maximum Gasteiger partial charge on any atom is 0.264 e. The second-order valence-electron chi connectivity index (χ2n) is 6.48. The van der Waals surface area contributed by atoms with Crippen LogP contribution in [0.25, 0.3) is 0 Å². The van der Waals surface area contributed by atoms with Crippen molar-refractivity contribution in [3.05, 3.63) is 88.9 Å². The van der Waals surface area contributed by atoms with Crippen molar-refractivity contribution in [2.75, 3.05) is 23.3 Å². The zero-order chi connectivity index (χ0) is 21.6.